The van der Waals surface area contributed by atoms with Crippen molar-refractivity contribution in [2.24, 2.45) is 0 Å². The molecule has 0 aliphatic rings. The maximum Gasteiger partial charge on any atom is 0.0845 e. The second-order valence-electron chi connectivity index (χ2n) is 5.81. The third-order valence-electron chi connectivity index (χ3n) is 3.71. The first kappa shape index (κ1) is 15.0. The van der Waals surface area contributed by atoms with Crippen molar-refractivity contribution in [3.63, 3.8) is 0 Å². The average Bonchev–Trinajstić information content (AvgIpc) is 2.36. The van der Waals surface area contributed by atoms with Gasteiger partial charge in [-0.15, -0.1) is 6.58 Å². The molecule has 0 aliphatic heterocycles. The lowest BCUT2D eigenvalue weighted by Gasteiger charge is -2.24. The van der Waals surface area contributed by atoms with Crippen LogP contribution in [0.5, 0.6) is 0 Å². The Balaban J connectivity index is 2.79. The van der Waals surface area contributed by atoms with Crippen molar-refractivity contribution >= 4 is 13.3 Å². The molecule has 1 aromatic carbocycles. The smallest absolute Gasteiger partial charge is 0.0845 e. The van der Waals surface area contributed by atoms with Crippen molar-refractivity contribution in [3.8, 4) is 0 Å². The molecular formula is C17H26Si. The van der Waals surface area contributed by atoms with E-state index < -0.39 is 8.07 Å². The molecule has 0 heterocycles. The van der Waals surface area contributed by atoms with Gasteiger partial charge in [0.1, 0.15) is 0 Å². The number of hydrogen-bond donors (Lipinski definition) is 0. The van der Waals surface area contributed by atoms with Crippen LogP contribution in [0.25, 0.3) is 0 Å². The molecule has 1 rings (SSSR count). The topological polar surface area (TPSA) is 0 Å². The van der Waals surface area contributed by atoms with Crippen molar-refractivity contribution in [3.05, 3.63) is 54.1 Å². The fraction of sp³-hybridized carbons (Fsp3) is 0.412. The SMILES string of the molecule is C=CCC/C(C)=C(\C)C[Si](C)(C)c1ccccc1. The average molecular weight is 258 g/mol. The fourth-order valence-corrected chi connectivity index (χ4v) is 5.26. The summed E-state index contributed by atoms with van der Waals surface area (Å²) < 4.78 is 0. The second kappa shape index (κ2) is 6.74. The Kier molecular flexibility index (Phi) is 5.61. The van der Waals surface area contributed by atoms with E-state index in [9.17, 15) is 0 Å². The van der Waals surface area contributed by atoms with Gasteiger partial charge in [0.2, 0.25) is 0 Å². The van der Waals surface area contributed by atoms with Crippen molar-refractivity contribution in [1.29, 1.82) is 0 Å². The number of benzene rings is 1. The van der Waals surface area contributed by atoms with E-state index in [4.69, 9.17) is 0 Å². The van der Waals surface area contributed by atoms with Crippen LogP contribution >= 0.6 is 0 Å². The zero-order valence-electron chi connectivity index (χ0n) is 12.3. The minimum atomic E-state index is -1.33. The van der Waals surface area contributed by atoms with E-state index in [0.29, 0.717) is 0 Å². The summed E-state index contributed by atoms with van der Waals surface area (Å²) in [5.41, 5.74) is 3.13. The van der Waals surface area contributed by atoms with Gasteiger partial charge in [0.05, 0.1) is 8.07 Å². The Morgan fingerprint density at radius 1 is 1.11 bits per heavy atom. The first-order chi connectivity index (χ1) is 8.47. The number of allylic oxidation sites excluding steroid dienone is 3. The van der Waals surface area contributed by atoms with Gasteiger partial charge in [-0.25, -0.2) is 0 Å². The molecule has 0 fully saturated rings. The molecule has 0 radical (unpaired) electrons. The summed E-state index contributed by atoms with van der Waals surface area (Å²) in [6.45, 7) is 13.3. The van der Waals surface area contributed by atoms with E-state index in [1.54, 1.807) is 16.3 Å². The van der Waals surface area contributed by atoms with Gasteiger partial charge in [-0.1, -0.05) is 65.8 Å². The molecule has 0 nitrogen and oxygen atoms in total. The Morgan fingerprint density at radius 2 is 1.72 bits per heavy atom. The molecule has 98 valence electrons. The lowest BCUT2D eigenvalue weighted by atomic mass is 10.1. The first-order valence-corrected chi connectivity index (χ1v) is 9.99. The quantitative estimate of drug-likeness (QED) is 0.502. The molecule has 0 saturated heterocycles. The Bertz CT molecular complexity index is 412. The molecular weight excluding hydrogens is 232 g/mol. The third kappa shape index (κ3) is 4.30. The molecule has 0 aliphatic carbocycles. The van der Waals surface area contributed by atoms with E-state index in [-0.39, 0.29) is 0 Å². The van der Waals surface area contributed by atoms with Crippen molar-refractivity contribution in [2.45, 2.75) is 45.8 Å². The molecule has 0 aromatic heterocycles. The summed E-state index contributed by atoms with van der Waals surface area (Å²) in [6, 6.07) is 12.3. The van der Waals surface area contributed by atoms with Crippen LogP contribution < -0.4 is 5.19 Å². The molecule has 0 N–H and O–H groups in total. The minimum Gasteiger partial charge on any atom is -0.103 e. The zero-order chi connectivity index (χ0) is 13.6. The van der Waals surface area contributed by atoms with Crippen molar-refractivity contribution < 1.29 is 0 Å². The molecule has 0 spiro atoms. The molecule has 0 saturated carbocycles. The number of hydrogen-bond acceptors (Lipinski definition) is 0. The molecule has 1 aromatic rings. The standard InChI is InChI=1S/C17H26Si/c1-6-7-11-15(2)16(3)14-18(4,5)17-12-9-8-10-13-17/h6,8-10,12-13H,1,7,11,14H2,2-5H3/b16-15+. The van der Waals surface area contributed by atoms with Crippen LogP contribution in [0.15, 0.2) is 54.1 Å². The minimum absolute atomic E-state index is 1.09. The maximum atomic E-state index is 3.80. The van der Waals surface area contributed by atoms with Crippen molar-refractivity contribution in [2.75, 3.05) is 0 Å². The van der Waals surface area contributed by atoms with Gasteiger partial charge in [-0.2, -0.15) is 0 Å². The van der Waals surface area contributed by atoms with E-state index in [1.807, 2.05) is 6.08 Å². The predicted octanol–water partition coefficient (Wildman–Crippen LogP) is 4.90. The van der Waals surface area contributed by atoms with E-state index in [0.717, 1.165) is 12.8 Å². The Labute approximate surface area is 113 Å². The fourth-order valence-electron chi connectivity index (χ4n) is 2.34. The molecule has 0 amide bonds. The van der Waals surface area contributed by atoms with Crippen LogP contribution in [-0.4, -0.2) is 8.07 Å². The highest BCUT2D eigenvalue weighted by Crippen LogP contribution is 2.21. The maximum absolute atomic E-state index is 3.80. The summed E-state index contributed by atoms with van der Waals surface area (Å²) in [5.74, 6) is 0. The van der Waals surface area contributed by atoms with Gasteiger partial charge < -0.3 is 0 Å². The first-order valence-electron chi connectivity index (χ1n) is 6.79. The van der Waals surface area contributed by atoms with E-state index >= 15 is 0 Å². The molecule has 0 bridgehead atoms. The summed E-state index contributed by atoms with van der Waals surface area (Å²) in [7, 11) is -1.33. The van der Waals surface area contributed by atoms with Crippen LogP contribution in [0.3, 0.4) is 0 Å². The summed E-state index contributed by atoms with van der Waals surface area (Å²) in [4.78, 5) is 0. The van der Waals surface area contributed by atoms with Gasteiger partial charge in [0, 0.05) is 0 Å². The lowest BCUT2D eigenvalue weighted by molar-refractivity contribution is 0.953. The third-order valence-corrected chi connectivity index (χ3v) is 7.02. The van der Waals surface area contributed by atoms with Crippen LogP contribution in [-0.2, 0) is 0 Å². The summed E-state index contributed by atoms with van der Waals surface area (Å²) in [5, 5.41) is 1.56. The molecule has 18 heavy (non-hydrogen) atoms. The number of rotatable bonds is 6. The molecule has 0 atom stereocenters. The normalized spacial score (nSPS) is 13.1. The van der Waals surface area contributed by atoms with Crippen LogP contribution in [0, 0.1) is 0 Å². The highest BCUT2D eigenvalue weighted by Gasteiger charge is 2.23. The molecule has 0 unspecified atom stereocenters. The van der Waals surface area contributed by atoms with Crippen LogP contribution in [0.4, 0.5) is 0 Å². The Hall–Kier alpha value is -1.08. The summed E-state index contributed by atoms with van der Waals surface area (Å²) in [6.07, 6.45) is 4.27. The van der Waals surface area contributed by atoms with Gasteiger partial charge >= 0.3 is 0 Å². The van der Waals surface area contributed by atoms with E-state index in [2.05, 4.69) is 63.9 Å². The Morgan fingerprint density at radius 3 is 2.28 bits per heavy atom. The second-order valence-corrected chi connectivity index (χ2v) is 10.5. The van der Waals surface area contributed by atoms with Crippen molar-refractivity contribution in [1.82, 2.24) is 0 Å². The monoisotopic (exact) mass is 258 g/mol. The highest BCUT2D eigenvalue weighted by molar-refractivity contribution is 6.90. The largest absolute Gasteiger partial charge is 0.103 e. The van der Waals surface area contributed by atoms with Gasteiger partial charge in [-0.3, -0.25) is 0 Å². The van der Waals surface area contributed by atoms with Gasteiger partial charge in [-0.05, 0) is 32.7 Å². The van der Waals surface area contributed by atoms with Crippen LogP contribution in [0.1, 0.15) is 26.7 Å². The van der Waals surface area contributed by atoms with E-state index in [1.165, 1.54) is 6.04 Å². The van der Waals surface area contributed by atoms with Crippen LogP contribution in [0.2, 0.25) is 19.1 Å². The lowest BCUT2D eigenvalue weighted by Crippen LogP contribution is -2.41. The summed E-state index contributed by atoms with van der Waals surface area (Å²) >= 11 is 0. The van der Waals surface area contributed by atoms with Gasteiger partial charge in [0.25, 0.3) is 0 Å². The molecule has 1 heteroatoms. The highest BCUT2D eigenvalue weighted by atomic mass is 28.3. The zero-order valence-corrected chi connectivity index (χ0v) is 13.3. The van der Waals surface area contributed by atoms with Gasteiger partial charge in [0.15, 0.2) is 0 Å². The predicted molar refractivity (Wildman–Crippen MR) is 86.2 cm³/mol.